The molecule has 1 heteroatoms. The van der Waals surface area contributed by atoms with Gasteiger partial charge in [0, 0.05) is 6.61 Å². The summed E-state index contributed by atoms with van der Waals surface area (Å²) in [6, 6.07) is 0. The summed E-state index contributed by atoms with van der Waals surface area (Å²) < 4.78 is 5.08. The van der Waals surface area contributed by atoms with Gasteiger partial charge in [-0.05, 0) is 12.8 Å². The van der Waals surface area contributed by atoms with Crippen LogP contribution in [0.25, 0.3) is 0 Å². The van der Waals surface area contributed by atoms with Crippen LogP contribution >= 0.6 is 0 Å². The maximum Gasteiger partial charge on any atom is 0.0674 e. The van der Waals surface area contributed by atoms with E-state index in [1.165, 1.54) is 18.4 Å². The summed E-state index contributed by atoms with van der Waals surface area (Å²) in [6.45, 7) is 5.51. The molecule has 0 unspecified atom stereocenters. The predicted molar refractivity (Wildman–Crippen MR) is 29.2 cm³/mol. The first-order chi connectivity index (χ1) is 3.39. The Morgan fingerprint density at radius 2 is 2.43 bits per heavy atom. The summed E-state index contributed by atoms with van der Waals surface area (Å²) in [5.74, 6) is 0. The predicted octanol–water partition coefficient (Wildman–Crippen LogP) is 1.35. The summed E-state index contributed by atoms with van der Waals surface area (Å²) in [5, 5.41) is 0. The molecule has 40 valence electrons. The average Bonchev–Trinajstić information content (AvgIpc) is 1.69. The van der Waals surface area contributed by atoms with E-state index >= 15 is 0 Å². The Morgan fingerprint density at radius 3 is 2.71 bits per heavy atom. The van der Waals surface area contributed by atoms with Crippen molar-refractivity contribution in [2.45, 2.75) is 12.8 Å². The van der Waals surface area contributed by atoms with Crippen molar-refractivity contribution in [3.8, 4) is 0 Å². The van der Waals surface area contributed by atoms with E-state index in [9.17, 15) is 0 Å². The standard InChI is InChI=1S/C6H10O/c1-6-3-2-4-7-5-6/h1-5H2. The van der Waals surface area contributed by atoms with Crippen LogP contribution in [-0.4, -0.2) is 13.2 Å². The van der Waals surface area contributed by atoms with Gasteiger partial charge in [-0.1, -0.05) is 12.2 Å². The lowest BCUT2D eigenvalue weighted by Crippen LogP contribution is -2.06. The van der Waals surface area contributed by atoms with Crippen molar-refractivity contribution in [2.24, 2.45) is 0 Å². The van der Waals surface area contributed by atoms with Crippen LogP contribution in [0.5, 0.6) is 0 Å². The van der Waals surface area contributed by atoms with E-state index < -0.39 is 0 Å². The topological polar surface area (TPSA) is 9.23 Å². The number of hydrogen-bond donors (Lipinski definition) is 0. The van der Waals surface area contributed by atoms with Gasteiger partial charge in [0.2, 0.25) is 0 Å². The van der Waals surface area contributed by atoms with Crippen molar-refractivity contribution >= 4 is 0 Å². The normalized spacial score (nSPS) is 22.6. The van der Waals surface area contributed by atoms with Crippen molar-refractivity contribution in [1.29, 1.82) is 0 Å². The third-order valence-electron chi connectivity index (χ3n) is 1.13. The molecular weight excluding hydrogens is 88.1 g/mol. The lowest BCUT2D eigenvalue weighted by Gasteiger charge is -2.11. The van der Waals surface area contributed by atoms with Crippen LogP contribution in [-0.2, 0) is 4.74 Å². The molecular formula is C6H10O. The molecule has 0 aromatic heterocycles. The van der Waals surface area contributed by atoms with Crippen LogP contribution in [0, 0.1) is 0 Å². The fourth-order valence-electron chi connectivity index (χ4n) is 0.713. The highest BCUT2D eigenvalue weighted by Crippen LogP contribution is 2.08. The minimum absolute atomic E-state index is 0.792. The minimum Gasteiger partial charge on any atom is -0.377 e. The Bertz CT molecular complexity index is 68.2. The molecule has 0 aromatic carbocycles. The maximum atomic E-state index is 5.08. The zero-order chi connectivity index (χ0) is 5.11. The Hall–Kier alpha value is -0.300. The molecule has 0 radical (unpaired) electrons. The first kappa shape index (κ1) is 4.85. The van der Waals surface area contributed by atoms with Crippen LogP contribution in [0.2, 0.25) is 0 Å². The smallest absolute Gasteiger partial charge is 0.0674 e. The van der Waals surface area contributed by atoms with Gasteiger partial charge in [0.1, 0.15) is 0 Å². The van der Waals surface area contributed by atoms with Crippen LogP contribution in [0.4, 0.5) is 0 Å². The van der Waals surface area contributed by atoms with Gasteiger partial charge >= 0.3 is 0 Å². The Morgan fingerprint density at radius 1 is 1.57 bits per heavy atom. The second-order valence-corrected chi connectivity index (χ2v) is 1.91. The summed E-state index contributed by atoms with van der Waals surface area (Å²) in [6.07, 6.45) is 2.33. The van der Waals surface area contributed by atoms with Gasteiger partial charge in [0.15, 0.2) is 0 Å². The third-order valence-corrected chi connectivity index (χ3v) is 1.13. The van der Waals surface area contributed by atoms with E-state index in [1.54, 1.807) is 0 Å². The quantitative estimate of drug-likeness (QED) is 0.415. The lowest BCUT2D eigenvalue weighted by molar-refractivity contribution is 0.130. The Kier molecular flexibility index (Phi) is 1.47. The number of hydrogen-bond acceptors (Lipinski definition) is 1. The van der Waals surface area contributed by atoms with E-state index in [-0.39, 0.29) is 0 Å². The van der Waals surface area contributed by atoms with Crippen LogP contribution in [0.1, 0.15) is 12.8 Å². The van der Waals surface area contributed by atoms with Crippen molar-refractivity contribution in [3.05, 3.63) is 12.2 Å². The molecule has 1 aliphatic rings. The van der Waals surface area contributed by atoms with E-state index in [2.05, 4.69) is 6.58 Å². The van der Waals surface area contributed by atoms with E-state index in [0.717, 1.165) is 13.2 Å². The first-order valence-electron chi connectivity index (χ1n) is 2.64. The highest BCUT2D eigenvalue weighted by atomic mass is 16.5. The summed E-state index contributed by atoms with van der Waals surface area (Å²) in [7, 11) is 0. The van der Waals surface area contributed by atoms with Crippen molar-refractivity contribution in [3.63, 3.8) is 0 Å². The summed E-state index contributed by atoms with van der Waals surface area (Å²) in [5.41, 5.74) is 1.24. The molecule has 0 saturated carbocycles. The van der Waals surface area contributed by atoms with Crippen LogP contribution in [0.3, 0.4) is 0 Å². The molecule has 1 heterocycles. The lowest BCUT2D eigenvalue weighted by atomic mass is 10.1. The van der Waals surface area contributed by atoms with Gasteiger partial charge in [0.25, 0.3) is 0 Å². The van der Waals surface area contributed by atoms with Gasteiger partial charge in [-0.3, -0.25) is 0 Å². The van der Waals surface area contributed by atoms with Gasteiger partial charge in [-0.2, -0.15) is 0 Å². The van der Waals surface area contributed by atoms with Crippen molar-refractivity contribution in [2.75, 3.05) is 13.2 Å². The molecule has 0 N–H and O–H groups in total. The molecule has 0 aliphatic carbocycles. The highest BCUT2D eigenvalue weighted by molar-refractivity contribution is 4.95. The molecule has 1 aliphatic heterocycles. The van der Waals surface area contributed by atoms with Gasteiger partial charge in [-0.15, -0.1) is 0 Å². The van der Waals surface area contributed by atoms with E-state index in [1.807, 2.05) is 0 Å². The number of ether oxygens (including phenoxy) is 1. The molecule has 0 aromatic rings. The van der Waals surface area contributed by atoms with Gasteiger partial charge < -0.3 is 4.74 Å². The monoisotopic (exact) mass is 98.1 g/mol. The van der Waals surface area contributed by atoms with Crippen LogP contribution < -0.4 is 0 Å². The molecule has 7 heavy (non-hydrogen) atoms. The summed E-state index contributed by atoms with van der Waals surface area (Å²) >= 11 is 0. The number of rotatable bonds is 0. The molecule has 1 fully saturated rings. The molecule has 0 amide bonds. The maximum absolute atomic E-state index is 5.08. The first-order valence-corrected chi connectivity index (χ1v) is 2.64. The molecule has 1 saturated heterocycles. The van der Waals surface area contributed by atoms with E-state index in [0.29, 0.717) is 0 Å². The second kappa shape index (κ2) is 2.12. The largest absolute Gasteiger partial charge is 0.377 e. The highest BCUT2D eigenvalue weighted by Gasteiger charge is 2.00. The molecule has 1 nitrogen and oxygen atoms in total. The van der Waals surface area contributed by atoms with Crippen molar-refractivity contribution < 1.29 is 4.74 Å². The average molecular weight is 98.1 g/mol. The SMILES string of the molecule is C=C1CCCOC1. The fraction of sp³-hybridized carbons (Fsp3) is 0.667. The van der Waals surface area contributed by atoms with Crippen LogP contribution in [0.15, 0.2) is 12.2 Å². The second-order valence-electron chi connectivity index (χ2n) is 1.91. The zero-order valence-electron chi connectivity index (χ0n) is 4.44. The molecule has 0 spiro atoms. The molecule has 0 atom stereocenters. The fourth-order valence-corrected chi connectivity index (χ4v) is 0.713. The minimum atomic E-state index is 0.792. The van der Waals surface area contributed by atoms with Crippen molar-refractivity contribution in [1.82, 2.24) is 0 Å². The molecule has 0 bridgehead atoms. The zero-order valence-corrected chi connectivity index (χ0v) is 4.44. The third kappa shape index (κ3) is 1.32. The molecule has 1 rings (SSSR count). The Balaban J connectivity index is 2.25. The van der Waals surface area contributed by atoms with E-state index in [4.69, 9.17) is 4.74 Å². The summed E-state index contributed by atoms with van der Waals surface area (Å²) in [4.78, 5) is 0. The van der Waals surface area contributed by atoms with Gasteiger partial charge in [-0.25, -0.2) is 0 Å². The Labute approximate surface area is 44.0 Å². The van der Waals surface area contributed by atoms with Gasteiger partial charge in [0.05, 0.1) is 6.61 Å².